The number of ether oxygens (including phenoxy) is 2. The quantitative estimate of drug-likeness (QED) is 0.728. The zero-order chi connectivity index (χ0) is 18.6. The summed E-state index contributed by atoms with van der Waals surface area (Å²) in [6.45, 7) is 0. The highest BCUT2D eigenvalue weighted by atomic mass is 16.5. The van der Waals surface area contributed by atoms with Crippen LogP contribution in [0.2, 0.25) is 0 Å². The summed E-state index contributed by atoms with van der Waals surface area (Å²) in [5.74, 6) is 2.33. The Morgan fingerprint density at radius 3 is 2.07 bits per heavy atom. The molecule has 4 nitrogen and oxygen atoms in total. The predicted molar refractivity (Wildman–Crippen MR) is 108 cm³/mol. The molecule has 0 saturated carbocycles. The van der Waals surface area contributed by atoms with Gasteiger partial charge >= 0.3 is 0 Å². The zero-order valence-electron chi connectivity index (χ0n) is 15.4. The van der Waals surface area contributed by atoms with Gasteiger partial charge in [-0.3, -0.25) is 4.99 Å². The van der Waals surface area contributed by atoms with Crippen molar-refractivity contribution in [3.05, 3.63) is 95.6 Å². The molecule has 1 aliphatic heterocycles. The molecule has 4 heteroatoms. The molecule has 0 aromatic heterocycles. The van der Waals surface area contributed by atoms with Gasteiger partial charge in [-0.05, 0) is 23.3 Å². The minimum atomic E-state index is -0.00425. The van der Waals surface area contributed by atoms with Gasteiger partial charge in [0.05, 0.1) is 25.8 Å². The molecule has 0 spiro atoms. The highest BCUT2D eigenvalue weighted by molar-refractivity contribution is 6.03. The molecule has 0 amide bonds. The standard InChI is InChI=1S/C23H22N2O2/c1-26-18-13-14-19(20(15-18)27-2)23-24-21(16-9-5-3-6-10-16)22(25-23)17-11-7-4-8-12-17/h3-15,21-22H,1-2H3,(H,24,25). The van der Waals surface area contributed by atoms with E-state index in [0.29, 0.717) is 0 Å². The van der Waals surface area contributed by atoms with E-state index in [1.165, 1.54) is 11.1 Å². The number of methoxy groups -OCH3 is 2. The monoisotopic (exact) mass is 358 g/mol. The number of hydrogen-bond donors (Lipinski definition) is 1. The van der Waals surface area contributed by atoms with Gasteiger partial charge in [0, 0.05) is 6.07 Å². The van der Waals surface area contributed by atoms with Crippen LogP contribution in [0.5, 0.6) is 11.5 Å². The van der Waals surface area contributed by atoms with Gasteiger partial charge in [-0.2, -0.15) is 0 Å². The molecule has 2 unspecified atom stereocenters. The molecule has 0 radical (unpaired) electrons. The number of aliphatic imine (C=N–C) groups is 1. The van der Waals surface area contributed by atoms with E-state index in [2.05, 4.69) is 53.8 Å². The molecule has 1 heterocycles. The topological polar surface area (TPSA) is 42.8 Å². The van der Waals surface area contributed by atoms with Crippen molar-refractivity contribution in [1.82, 2.24) is 5.32 Å². The van der Waals surface area contributed by atoms with Crippen LogP contribution in [0.25, 0.3) is 0 Å². The summed E-state index contributed by atoms with van der Waals surface area (Å²) in [7, 11) is 3.31. The fourth-order valence-corrected chi connectivity index (χ4v) is 3.46. The van der Waals surface area contributed by atoms with Crippen molar-refractivity contribution in [2.24, 2.45) is 4.99 Å². The van der Waals surface area contributed by atoms with Crippen molar-refractivity contribution >= 4 is 5.84 Å². The van der Waals surface area contributed by atoms with Crippen molar-refractivity contribution in [2.45, 2.75) is 12.1 Å². The van der Waals surface area contributed by atoms with E-state index < -0.39 is 0 Å². The van der Waals surface area contributed by atoms with E-state index in [9.17, 15) is 0 Å². The van der Waals surface area contributed by atoms with Gasteiger partial charge in [-0.1, -0.05) is 60.7 Å². The van der Waals surface area contributed by atoms with E-state index in [0.717, 1.165) is 22.9 Å². The maximum Gasteiger partial charge on any atom is 0.133 e. The predicted octanol–water partition coefficient (Wildman–Crippen LogP) is 4.54. The lowest BCUT2D eigenvalue weighted by Crippen LogP contribution is -2.25. The Morgan fingerprint density at radius 2 is 1.44 bits per heavy atom. The molecule has 3 aromatic carbocycles. The molecule has 2 atom stereocenters. The fraction of sp³-hybridized carbons (Fsp3) is 0.174. The van der Waals surface area contributed by atoms with Crippen molar-refractivity contribution in [2.75, 3.05) is 14.2 Å². The minimum absolute atomic E-state index is 0.00425. The maximum atomic E-state index is 5.58. The molecule has 1 aliphatic rings. The van der Waals surface area contributed by atoms with E-state index >= 15 is 0 Å². The summed E-state index contributed by atoms with van der Waals surface area (Å²) in [4.78, 5) is 5.04. The molecule has 0 bridgehead atoms. The molecule has 0 aliphatic carbocycles. The Balaban J connectivity index is 1.76. The van der Waals surface area contributed by atoms with Crippen molar-refractivity contribution in [3.8, 4) is 11.5 Å². The van der Waals surface area contributed by atoms with E-state index in [1.54, 1.807) is 14.2 Å². The zero-order valence-corrected chi connectivity index (χ0v) is 15.4. The van der Waals surface area contributed by atoms with Gasteiger partial charge in [-0.15, -0.1) is 0 Å². The van der Waals surface area contributed by atoms with Crippen LogP contribution in [0.1, 0.15) is 28.8 Å². The van der Waals surface area contributed by atoms with Crippen LogP contribution in [-0.2, 0) is 0 Å². The first-order valence-corrected chi connectivity index (χ1v) is 8.97. The van der Waals surface area contributed by atoms with Crippen LogP contribution in [-0.4, -0.2) is 20.1 Å². The van der Waals surface area contributed by atoms with E-state index in [4.69, 9.17) is 14.5 Å². The van der Waals surface area contributed by atoms with Gasteiger partial charge in [0.25, 0.3) is 0 Å². The molecule has 0 fully saturated rings. The number of nitrogens with one attached hydrogen (secondary N) is 1. The molecular weight excluding hydrogens is 336 g/mol. The second-order valence-electron chi connectivity index (χ2n) is 6.43. The van der Waals surface area contributed by atoms with Gasteiger partial charge < -0.3 is 14.8 Å². The van der Waals surface area contributed by atoms with Crippen molar-refractivity contribution < 1.29 is 9.47 Å². The SMILES string of the molecule is COc1ccc(C2=NC(c3ccccc3)C(c3ccccc3)N2)c(OC)c1. The average molecular weight is 358 g/mol. The van der Waals surface area contributed by atoms with Gasteiger partial charge in [0.1, 0.15) is 23.4 Å². The van der Waals surface area contributed by atoms with Gasteiger partial charge in [-0.25, -0.2) is 0 Å². The van der Waals surface area contributed by atoms with Gasteiger partial charge in [0.2, 0.25) is 0 Å². The lowest BCUT2D eigenvalue weighted by atomic mass is 9.95. The first-order chi connectivity index (χ1) is 13.3. The average Bonchev–Trinajstić information content (AvgIpc) is 3.19. The normalized spacial score (nSPS) is 18.5. The van der Waals surface area contributed by atoms with Crippen LogP contribution in [0.4, 0.5) is 0 Å². The molecule has 27 heavy (non-hydrogen) atoms. The Labute approximate surface area is 159 Å². The third kappa shape index (κ3) is 3.38. The molecule has 136 valence electrons. The minimum Gasteiger partial charge on any atom is -0.497 e. The van der Waals surface area contributed by atoms with Crippen LogP contribution in [0.3, 0.4) is 0 Å². The molecule has 3 aromatic rings. The molecule has 4 rings (SSSR count). The first-order valence-electron chi connectivity index (χ1n) is 8.97. The Morgan fingerprint density at radius 1 is 0.778 bits per heavy atom. The van der Waals surface area contributed by atoms with Crippen LogP contribution in [0, 0.1) is 0 Å². The third-order valence-electron chi connectivity index (χ3n) is 4.84. The lowest BCUT2D eigenvalue weighted by molar-refractivity contribution is 0.393. The van der Waals surface area contributed by atoms with E-state index in [-0.39, 0.29) is 12.1 Å². The summed E-state index contributed by atoms with van der Waals surface area (Å²) in [6.07, 6.45) is 0. The number of rotatable bonds is 5. The Bertz CT molecular complexity index is 939. The molecular formula is C23H22N2O2. The fourth-order valence-electron chi connectivity index (χ4n) is 3.46. The Hall–Kier alpha value is -3.27. The Kier molecular flexibility index (Phi) is 4.79. The van der Waals surface area contributed by atoms with Gasteiger partial charge in [0.15, 0.2) is 0 Å². The summed E-state index contributed by atoms with van der Waals surface area (Å²) < 4.78 is 10.9. The van der Waals surface area contributed by atoms with Crippen molar-refractivity contribution in [3.63, 3.8) is 0 Å². The largest absolute Gasteiger partial charge is 0.497 e. The maximum absolute atomic E-state index is 5.58. The second-order valence-corrected chi connectivity index (χ2v) is 6.43. The van der Waals surface area contributed by atoms with Crippen LogP contribution in [0.15, 0.2) is 83.9 Å². The number of benzene rings is 3. The summed E-state index contributed by atoms with van der Waals surface area (Å²) in [5, 5.41) is 3.61. The highest BCUT2D eigenvalue weighted by Gasteiger charge is 2.32. The van der Waals surface area contributed by atoms with Crippen LogP contribution < -0.4 is 14.8 Å². The smallest absolute Gasteiger partial charge is 0.133 e. The highest BCUT2D eigenvalue weighted by Crippen LogP contribution is 2.38. The van der Waals surface area contributed by atoms with E-state index in [1.807, 2.05) is 30.3 Å². The van der Waals surface area contributed by atoms with Crippen LogP contribution >= 0.6 is 0 Å². The summed E-state index contributed by atoms with van der Waals surface area (Å²) in [6, 6.07) is 26.7. The summed E-state index contributed by atoms with van der Waals surface area (Å²) >= 11 is 0. The third-order valence-corrected chi connectivity index (χ3v) is 4.84. The number of hydrogen-bond acceptors (Lipinski definition) is 4. The molecule has 1 N–H and O–H groups in total. The number of amidine groups is 1. The van der Waals surface area contributed by atoms with Crippen molar-refractivity contribution in [1.29, 1.82) is 0 Å². The lowest BCUT2D eigenvalue weighted by Gasteiger charge is -2.20. The number of nitrogens with zero attached hydrogens (tertiary/aromatic N) is 1. The molecule has 0 saturated heterocycles. The second kappa shape index (κ2) is 7.54. The summed E-state index contributed by atoms with van der Waals surface area (Å²) in [5.41, 5.74) is 3.32. The first kappa shape index (κ1) is 17.2.